The number of carbonyl (C=O) groups is 2. The molecule has 0 spiro atoms. The summed E-state index contributed by atoms with van der Waals surface area (Å²) in [6.07, 6.45) is 2.06. The minimum Gasteiger partial charge on any atom is -0.352 e. The van der Waals surface area contributed by atoms with Crippen molar-refractivity contribution in [1.29, 1.82) is 0 Å². The van der Waals surface area contributed by atoms with E-state index in [0.29, 0.717) is 6.04 Å². The number of fused-ring (bicyclic) bond motifs is 1. The Labute approximate surface area is 119 Å². The molecule has 1 aromatic rings. The van der Waals surface area contributed by atoms with Gasteiger partial charge in [0.05, 0.1) is 0 Å². The van der Waals surface area contributed by atoms with Gasteiger partial charge in [-0.05, 0) is 31.0 Å². The number of carbonyl (C=O) groups excluding carboxylic acids is 2. The van der Waals surface area contributed by atoms with Crippen LogP contribution in [0.15, 0.2) is 22.7 Å². The minimum absolute atomic E-state index is 0.0394. The number of halogens is 1. The van der Waals surface area contributed by atoms with Gasteiger partial charge < -0.3 is 16.0 Å². The first-order valence-electron chi connectivity index (χ1n) is 6.22. The zero-order valence-electron chi connectivity index (χ0n) is 10.2. The SMILES string of the molecule is NC1C(=O)N(CC(=O)NC2CC2)c2ccc(Br)cc21. The van der Waals surface area contributed by atoms with Crippen molar-refractivity contribution in [3.63, 3.8) is 0 Å². The Morgan fingerprint density at radius 2 is 2.21 bits per heavy atom. The van der Waals surface area contributed by atoms with E-state index in [-0.39, 0.29) is 18.4 Å². The van der Waals surface area contributed by atoms with Gasteiger partial charge in [-0.1, -0.05) is 15.9 Å². The highest BCUT2D eigenvalue weighted by Crippen LogP contribution is 2.36. The monoisotopic (exact) mass is 323 g/mol. The van der Waals surface area contributed by atoms with Crippen LogP contribution in [0.4, 0.5) is 5.69 Å². The molecule has 0 aromatic heterocycles. The van der Waals surface area contributed by atoms with Gasteiger partial charge >= 0.3 is 0 Å². The van der Waals surface area contributed by atoms with Crippen molar-refractivity contribution in [2.24, 2.45) is 5.73 Å². The van der Waals surface area contributed by atoms with Gasteiger partial charge in [0, 0.05) is 21.8 Å². The molecule has 1 saturated carbocycles. The molecule has 1 fully saturated rings. The van der Waals surface area contributed by atoms with Gasteiger partial charge in [0.15, 0.2) is 0 Å². The number of rotatable bonds is 3. The van der Waals surface area contributed by atoms with E-state index in [1.54, 1.807) is 0 Å². The molecule has 3 rings (SSSR count). The second-order valence-electron chi connectivity index (χ2n) is 4.95. The van der Waals surface area contributed by atoms with Crippen LogP contribution in [0, 0.1) is 0 Å². The van der Waals surface area contributed by atoms with Gasteiger partial charge in [0.1, 0.15) is 12.6 Å². The van der Waals surface area contributed by atoms with Crippen LogP contribution in [0.1, 0.15) is 24.4 Å². The van der Waals surface area contributed by atoms with Crippen molar-refractivity contribution in [2.75, 3.05) is 11.4 Å². The van der Waals surface area contributed by atoms with Gasteiger partial charge in [0.25, 0.3) is 0 Å². The van der Waals surface area contributed by atoms with E-state index in [9.17, 15) is 9.59 Å². The highest BCUT2D eigenvalue weighted by atomic mass is 79.9. The predicted molar refractivity (Wildman–Crippen MR) is 74.6 cm³/mol. The summed E-state index contributed by atoms with van der Waals surface area (Å²) in [5.74, 6) is -0.349. The van der Waals surface area contributed by atoms with Crippen LogP contribution in [-0.2, 0) is 9.59 Å². The molecule has 0 saturated heterocycles. The lowest BCUT2D eigenvalue weighted by molar-refractivity contribution is -0.124. The molecular formula is C13H14BrN3O2. The summed E-state index contributed by atoms with van der Waals surface area (Å²) >= 11 is 3.36. The van der Waals surface area contributed by atoms with E-state index in [4.69, 9.17) is 5.73 Å². The number of hydrogen-bond donors (Lipinski definition) is 2. The largest absolute Gasteiger partial charge is 0.352 e. The third kappa shape index (κ3) is 2.37. The van der Waals surface area contributed by atoms with Crippen LogP contribution < -0.4 is 16.0 Å². The number of benzene rings is 1. The zero-order valence-corrected chi connectivity index (χ0v) is 11.8. The third-order valence-electron chi connectivity index (χ3n) is 3.39. The van der Waals surface area contributed by atoms with E-state index in [1.165, 1.54) is 4.90 Å². The first-order valence-corrected chi connectivity index (χ1v) is 7.01. The Balaban J connectivity index is 1.82. The molecular weight excluding hydrogens is 310 g/mol. The number of anilines is 1. The molecule has 6 heteroatoms. The van der Waals surface area contributed by atoms with Crippen LogP contribution in [0.25, 0.3) is 0 Å². The Morgan fingerprint density at radius 3 is 2.89 bits per heavy atom. The summed E-state index contributed by atoms with van der Waals surface area (Å²) in [5.41, 5.74) is 7.39. The molecule has 2 amide bonds. The molecule has 1 unspecified atom stereocenters. The van der Waals surface area contributed by atoms with E-state index < -0.39 is 6.04 Å². The quantitative estimate of drug-likeness (QED) is 0.873. The maximum atomic E-state index is 12.1. The molecule has 100 valence electrons. The highest BCUT2D eigenvalue weighted by Gasteiger charge is 2.36. The molecule has 2 aliphatic rings. The maximum absolute atomic E-state index is 12.1. The lowest BCUT2D eigenvalue weighted by Gasteiger charge is -2.17. The van der Waals surface area contributed by atoms with Crippen molar-refractivity contribution in [3.8, 4) is 0 Å². The van der Waals surface area contributed by atoms with Crippen molar-refractivity contribution in [1.82, 2.24) is 5.32 Å². The number of hydrogen-bond acceptors (Lipinski definition) is 3. The maximum Gasteiger partial charge on any atom is 0.249 e. The van der Waals surface area contributed by atoms with Crippen LogP contribution in [0.5, 0.6) is 0 Å². The molecule has 0 radical (unpaired) electrons. The number of nitrogens with zero attached hydrogens (tertiary/aromatic N) is 1. The third-order valence-corrected chi connectivity index (χ3v) is 3.88. The molecule has 1 aliphatic heterocycles. The lowest BCUT2D eigenvalue weighted by atomic mass is 10.1. The fourth-order valence-electron chi connectivity index (χ4n) is 2.25. The van der Waals surface area contributed by atoms with Crippen LogP contribution in [-0.4, -0.2) is 24.4 Å². The summed E-state index contributed by atoms with van der Waals surface area (Å²) in [6, 6.07) is 5.10. The molecule has 0 bridgehead atoms. The van der Waals surface area contributed by atoms with Gasteiger partial charge in [-0.2, -0.15) is 0 Å². The van der Waals surface area contributed by atoms with E-state index in [1.807, 2.05) is 18.2 Å². The van der Waals surface area contributed by atoms with E-state index in [0.717, 1.165) is 28.6 Å². The standard InChI is InChI=1S/C13H14BrN3O2/c14-7-1-4-10-9(5-7)12(15)13(19)17(10)6-11(18)16-8-2-3-8/h1,4-5,8,12H,2-3,6,15H2,(H,16,18). The Morgan fingerprint density at radius 1 is 1.47 bits per heavy atom. The van der Waals surface area contributed by atoms with Crippen LogP contribution in [0.2, 0.25) is 0 Å². The molecule has 1 aliphatic carbocycles. The highest BCUT2D eigenvalue weighted by molar-refractivity contribution is 9.10. The summed E-state index contributed by atoms with van der Waals surface area (Å²) in [4.78, 5) is 25.4. The number of nitrogens with one attached hydrogen (secondary N) is 1. The van der Waals surface area contributed by atoms with Crippen molar-refractivity contribution in [2.45, 2.75) is 24.9 Å². The lowest BCUT2D eigenvalue weighted by Crippen LogP contribution is -2.41. The minimum atomic E-state index is -0.679. The molecule has 1 aromatic carbocycles. The van der Waals surface area contributed by atoms with E-state index >= 15 is 0 Å². The first-order chi connectivity index (χ1) is 9.06. The van der Waals surface area contributed by atoms with Gasteiger partial charge in [-0.25, -0.2) is 0 Å². The predicted octanol–water partition coefficient (Wildman–Crippen LogP) is 1.07. The van der Waals surface area contributed by atoms with Crippen molar-refractivity contribution < 1.29 is 9.59 Å². The van der Waals surface area contributed by atoms with Crippen molar-refractivity contribution >= 4 is 33.4 Å². The average Bonchev–Trinajstić information content (AvgIpc) is 3.14. The fraction of sp³-hybridized carbons (Fsp3) is 0.385. The molecule has 19 heavy (non-hydrogen) atoms. The second kappa shape index (κ2) is 4.61. The van der Waals surface area contributed by atoms with E-state index in [2.05, 4.69) is 21.2 Å². The molecule has 3 N–H and O–H groups in total. The summed E-state index contributed by atoms with van der Waals surface area (Å²) < 4.78 is 0.874. The van der Waals surface area contributed by atoms with Crippen LogP contribution >= 0.6 is 15.9 Å². The van der Waals surface area contributed by atoms with Crippen molar-refractivity contribution in [3.05, 3.63) is 28.2 Å². The molecule has 1 heterocycles. The smallest absolute Gasteiger partial charge is 0.249 e. The van der Waals surface area contributed by atoms with Gasteiger partial charge in [0.2, 0.25) is 11.8 Å². The number of nitrogens with two attached hydrogens (primary N) is 1. The normalized spacial score (nSPS) is 21.5. The molecule has 5 nitrogen and oxygen atoms in total. The molecule has 1 atom stereocenters. The Kier molecular flexibility index (Phi) is 3.06. The second-order valence-corrected chi connectivity index (χ2v) is 5.86. The zero-order chi connectivity index (χ0) is 13.6. The Bertz CT molecular complexity index is 557. The van der Waals surface area contributed by atoms with Gasteiger partial charge in [-0.15, -0.1) is 0 Å². The summed E-state index contributed by atoms with van der Waals surface area (Å²) in [7, 11) is 0. The topological polar surface area (TPSA) is 75.4 Å². The fourth-order valence-corrected chi connectivity index (χ4v) is 2.63. The summed E-state index contributed by atoms with van der Waals surface area (Å²) in [5, 5.41) is 2.88. The number of amides is 2. The van der Waals surface area contributed by atoms with Crippen LogP contribution in [0.3, 0.4) is 0 Å². The Hall–Kier alpha value is -1.40. The first kappa shape index (κ1) is 12.6. The summed E-state index contributed by atoms with van der Waals surface area (Å²) in [6.45, 7) is 0.0394. The average molecular weight is 324 g/mol. The van der Waals surface area contributed by atoms with Gasteiger partial charge in [-0.3, -0.25) is 9.59 Å².